The number of esters is 1. The molecule has 0 unspecified atom stereocenters. The molecule has 1 aliphatic rings. The molecule has 0 bridgehead atoms. The van der Waals surface area contributed by atoms with Crippen LogP contribution in [0.15, 0.2) is 48.5 Å². The summed E-state index contributed by atoms with van der Waals surface area (Å²) >= 11 is 0. The van der Waals surface area contributed by atoms with Crippen LogP contribution in [0.4, 0.5) is 4.39 Å². The van der Waals surface area contributed by atoms with Crippen molar-refractivity contribution in [2.75, 3.05) is 13.7 Å². The number of ether oxygens (including phenoxy) is 1. The van der Waals surface area contributed by atoms with Crippen molar-refractivity contribution in [2.45, 2.75) is 12.3 Å². The Kier molecular flexibility index (Phi) is 4.54. The summed E-state index contributed by atoms with van der Waals surface area (Å²) < 4.78 is 18.2. The van der Waals surface area contributed by atoms with Crippen molar-refractivity contribution in [1.29, 1.82) is 0 Å². The van der Waals surface area contributed by atoms with Gasteiger partial charge < -0.3 is 4.74 Å². The zero-order chi connectivity index (χ0) is 18.9. The van der Waals surface area contributed by atoms with Crippen molar-refractivity contribution in [3.05, 3.63) is 81.2 Å². The summed E-state index contributed by atoms with van der Waals surface area (Å²) in [5, 5.41) is 11.3. The second-order valence-electron chi connectivity index (χ2n) is 6.25. The summed E-state index contributed by atoms with van der Waals surface area (Å²) in [6.07, 6.45) is 0.00453. The lowest BCUT2D eigenvalue weighted by Gasteiger charge is -2.31. The third-order valence-electron chi connectivity index (χ3n) is 4.88. The third-order valence-corrected chi connectivity index (χ3v) is 4.88. The fraction of sp³-hybridized carbons (Fsp3) is 0.263. The van der Waals surface area contributed by atoms with Gasteiger partial charge in [-0.25, -0.2) is 4.39 Å². The summed E-state index contributed by atoms with van der Waals surface area (Å²) in [4.78, 5) is 36.7. The molecule has 3 rings (SSSR count). The summed E-state index contributed by atoms with van der Waals surface area (Å²) in [5.41, 5.74) is -0.412. The monoisotopic (exact) mass is 357 g/mol. The van der Waals surface area contributed by atoms with Crippen LogP contribution in [0.25, 0.3) is 0 Å². The molecule has 0 spiro atoms. The number of nitrogens with zero attached hydrogens (tertiary/aromatic N) is 1. The zero-order valence-electron chi connectivity index (χ0n) is 14.0. The van der Waals surface area contributed by atoms with Gasteiger partial charge in [-0.05, 0) is 29.7 Å². The Bertz CT molecular complexity index is 880. The SMILES string of the molecule is COC(=O)[C@@]1([C@@H](C[N+](=O)[O-])c2ccc(F)cc2)Cc2ccccc2C1=O. The van der Waals surface area contributed by atoms with Crippen LogP contribution in [-0.4, -0.2) is 30.3 Å². The lowest BCUT2D eigenvalue weighted by molar-refractivity contribution is -0.485. The molecule has 0 heterocycles. The van der Waals surface area contributed by atoms with Crippen LogP contribution in [0.2, 0.25) is 0 Å². The Morgan fingerprint density at radius 3 is 2.50 bits per heavy atom. The Hall–Kier alpha value is -3.09. The number of rotatable bonds is 5. The molecular weight excluding hydrogens is 341 g/mol. The topological polar surface area (TPSA) is 86.5 Å². The molecule has 2 atom stereocenters. The highest BCUT2D eigenvalue weighted by Crippen LogP contribution is 2.48. The smallest absolute Gasteiger partial charge is 0.320 e. The van der Waals surface area contributed by atoms with Gasteiger partial charge in [0, 0.05) is 10.5 Å². The predicted octanol–water partition coefficient (Wildman–Crippen LogP) is 2.78. The van der Waals surface area contributed by atoms with E-state index in [9.17, 15) is 24.1 Å². The normalized spacial score (nSPS) is 19.7. The Balaban J connectivity index is 2.19. The van der Waals surface area contributed by atoms with Crippen LogP contribution in [0, 0.1) is 21.3 Å². The van der Waals surface area contributed by atoms with Crippen LogP contribution in [-0.2, 0) is 16.0 Å². The number of benzene rings is 2. The highest BCUT2D eigenvalue weighted by Gasteiger charge is 2.59. The van der Waals surface area contributed by atoms with E-state index in [0.717, 1.165) is 19.2 Å². The number of Topliss-reactive ketones (excluding diaryl/α,β-unsaturated/α-hetero) is 1. The van der Waals surface area contributed by atoms with Crippen molar-refractivity contribution < 1.29 is 23.6 Å². The van der Waals surface area contributed by atoms with Crippen LogP contribution < -0.4 is 0 Å². The number of carbonyl (C=O) groups is 2. The molecule has 0 aromatic heterocycles. The summed E-state index contributed by atoms with van der Waals surface area (Å²) in [7, 11) is 1.15. The molecule has 0 radical (unpaired) electrons. The summed E-state index contributed by atoms with van der Waals surface area (Å²) in [5.74, 6) is -2.92. The first-order valence-electron chi connectivity index (χ1n) is 7.98. The van der Waals surface area contributed by atoms with Crippen molar-refractivity contribution in [3.63, 3.8) is 0 Å². The van der Waals surface area contributed by atoms with E-state index in [2.05, 4.69) is 0 Å². The summed E-state index contributed by atoms with van der Waals surface area (Å²) in [6, 6.07) is 11.8. The molecular formula is C19H16FNO5. The van der Waals surface area contributed by atoms with Crippen molar-refractivity contribution in [2.24, 2.45) is 5.41 Å². The van der Waals surface area contributed by atoms with Gasteiger partial charge >= 0.3 is 5.97 Å². The van der Waals surface area contributed by atoms with Gasteiger partial charge in [0.15, 0.2) is 5.78 Å². The minimum absolute atomic E-state index is 0.00453. The second kappa shape index (κ2) is 6.67. The highest BCUT2D eigenvalue weighted by molar-refractivity contribution is 6.16. The average molecular weight is 357 g/mol. The minimum atomic E-state index is -1.75. The van der Waals surface area contributed by atoms with E-state index in [1.54, 1.807) is 24.3 Å². The Morgan fingerprint density at radius 2 is 1.92 bits per heavy atom. The molecule has 2 aromatic rings. The predicted molar refractivity (Wildman–Crippen MR) is 89.9 cm³/mol. The molecule has 0 aliphatic heterocycles. The van der Waals surface area contributed by atoms with E-state index < -0.39 is 40.4 Å². The van der Waals surface area contributed by atoms with Crippen LogP contribution in [0.5, 0.6) is 0 Å². The van der Waals surface area contributed by atoms with E-state index >= 15 is 0 Å². The van der Waals surface area contributed by atoms with Gasteiger partial charge in [0.05, 0.1) is 13.0 Å². The van der Waals surface area contributed by atoms with Crippen LogP contribution in [0.3, 0.4) is 0 Å². The molecule has 7 heteroatoms. The van der Waals surface area contributed by atoms with E-state index in [0.29, 0.717) is 16.7 Å². The zero-order valence-corrected chi connectivity index (χ0v) is 14.0. The van der Waals surface area contributed by atoms with Crippen LogP contribution >= 0.6 is 0 Å². The van der Waals surface area contributed by atoms with E-state index in [1.165, 1.54) is 12.1 Å². The number of ketones is 1. The molecule has 1 aliphatic carbocycles. The highest BCUT2D eigenvalue weighted by atomic mass is 19.1. The lowest BCUT2D eigenvalue weighted by Crippen LogP contribution is -2.46. The van der Waals surface area contributed by atoms with Gasteiger partial charge in [-0.15, -0.1) is 0 Å². The molecule has 0 fully saturated rings. The fourth-order valence-corrected chi connectivity index (χ4v) is 3.68. The molecule has 2 aromatic carbocycles. The number of hydrogen-bond donors (Lipinski definition) is 0. The van der Waals surface area contributed by atoms with E-state index in [4.69, 9.17) is 4.74 Å². The second-order valence-corrected chi connectivity index (χ2v) is 6.25. The van der Waals surface area contributed by atoms with Gasteiger partial charge in [0.25, 0.3) is 0 Å². The summed E-state index contributed by atoms with van der Waals surface area (Å²) in [6.45, 7) is -0.652. The molecule has 6 nitrogen and oxygen atoms in total. The van der Waals surface area contributed by atoms with E-state index in [1.807, 2.05) is 0 Å². The first-order valence-corrected chi connectivity index (χ1v) is 7.98. The lowest BCUT2D eigenvalue weighted by atomic mass is 9.69. The number of halogens is 1. The van der Waals surface area contributed by atoms with Crippen molar-refractivity contribution >= 4 is 11.8 Å². The van der Waals surface area contributed by atoms with Gasteiger partial charge in [0.2, 0.25) is 6.54 Å². The number of methoxy groups -OCH3 is 1. The van der Waals surface area contributed by atoms with E-state index in [-0.39, 0.29) is 6.42 Å². The molecule has 134 valence electrons. The largest absolute Gasteiger partial charge is 0.468 e. The number of nitro groups is 1. The van der Waals surface area contributed by atoms with Crippen LogP contribution in [0.1, 0.15) is 27.4 Å². The average Bonchev–Trinajstić information content (AvgIpc) is 2.93. The first-order chi connectivity index (χ1) is 12.4. The molecule has 0 N–H and O–H groups in total. The molecule has 0 saturated heterocycles. The first kappa shape index (κ1) is 17.7. The van der Waals surface area contributed by atoms with Crippen molar-refractivity contribution in [3.8, 4) is 0 Å². The fourth-order valence-electron chi connectivity index (χ4n) is 3.68. The Labute approximate surface area is 148 Å². The maximum atomic E-state index is 13.3. The molecule has 26 heavy (non-hydrogen) atoms. The van der Waals surface area contributed by atoms with Gasteiger partial charge in [-0.2, -0.15) is 0 Å². The Morgan fingerprint density at radius 1 is 1.27 bits per heavy atom. The van der Waals surface area contributed by atoms with Crippen molar-refractivity contribution in [1.82, 2.24) is 0 Å². The number of hydrogen-bond acceptors (Lipinski definition) is 5. The quantitative estimate of drug-likeness (QED) is 0.355. The third kappa shape index (κ3) is 2.75. The minimum Gasteiger partial charge on any atom is -0.468 e. The number of fused-ring (bicyclic) bond motifs is 1. The van der Waals surface area contributed by atoms with Gasteiger partial charge in [-0.3, -0.25) is 19.7 Å². The molecule has 0 saturated carbocycles. The molecule has 0 amide bonds. The van der Waals surface area contributed by atoms with Gasteiger partial charge in [-0.1, -0.05) is 36.4 Å². The standard InChI is InChI=1S/C19H16FNO5/c1-26-18(23)19(10-13-4-2-3-5-15(13)17(19)22)16(11-21(24)25)12-6-8-14(20)9-7-12/h2-9,16H,10-11H2,1H3/t16-,19+/m0/s1. The maximum Gasteiger partial charge on any atom is 0.320 e. The maximum absolute atomic E-state index is 13.3. The van der Waals surface area contributed by atoms with Gasteiger partial charge in [0.1, 0.15) is 11.2 Å². The number of carbonyl (C=O) groups excluding carboxylic acids is 2.